The Morgan fingerprint density at radius 3 is 3.00 bits per heavy atom. The third-order valence-electron chi connectivity index (χ3n) is 2.71. The van der Waals surface area contributed by atoms with Crippen LogP contribution < -0.4 is 0 Å². The maximum absolute atomic E-state index is 11.3. The number of carbonyl (C=O) groups excluding carboxylic acids is 1. The maximum Gasteiger partial charge on any atom is 0.161 e. The Morgan fingerprint density at radius 1 is 1.41 bits per heavy atom. The van der Waals surface area contributed by atoms with Gasteiger partial charge in [0.2, 0.25) is 0 Å². The summed E-state index contributed by atoms with van der Waals surface area (Å²) in [5.74, 6) is 0.0395. The highest BCUT2D eigenvalue weighted by atomic mass is 32.1. The number of hydrogen-bond donors (Lipinski definition) is 1. The first-order valence-corrected chi connectivity index (χ1v) is 6.20. The van der Waals surface area contributed by atoms with Gasteiger partial charge in [-0.15, -0.1) is 0 Å². The van der Waals surface area contributed by atoms with Crippen molar-refractivity contribution >= 4 is 28.2 Å². The van der Waals surface area contributed by atoms with Crippen molar-refractivity contribution in [1.82, 2.24) is 9.97 Å². The Bertz CT molecular complexity index is 683. The molecular formula is C13H10N2OS. The highest BCUT2D eigenvalue weighted by Crippen LogP contribution is 2.25. The second-order valence-corrected chi connectivity index (χ2v) is 4.69. The molecule has 0 aliphatic carbocycles. The molecule has 84 valence electrons. The van der Waals surface area contributed by atoms with Crippen molar-refractivity contribution in [2.75, 3.05) is 0 Å². The van der Waals surface area contributed by atoms with Crippen molar-refractivity contribution in [3.8, 4) is 11.3 Å². The zero-order chi connectivity index (χ0) is 11.8. The highest BCUT2D eigenvalue weighted by molar-refractivity contribution is 7.08. The molecule has 3 heterocycles. The molecule has 3 rings (SSSR count). The quantitative estimate of drug-likeness (QED) is 0.699. The monoisotopic (exact) mass is 242 g/mol. The number of aromatic nitrogens is 2. The first-order chi connectivity index (χ1) is 8.24. The molecule has 0 radical (unpaired) electrons. The maximum atomic E-state index is 11.3. The van der Waals surface area contributed by atoms with Crippen LogP contribution >= 0.6 is 11.3 Å². The number of nitrogens with one attached hydrogen (secondary N) is 1. The summed E-state index contributed by atoms with van der Waals surface area (Å²) in [5.41, 5.74) is 3.65. The van der Waals surface area contributed by atoms with Crippen molar-refractivity contribution in [3.05, 3.63) is 40.7 Å². The van der Waals surface area contributed by atoms with E-state index in [0.29, 0.717) is 5.56 Å². The largest absolute Gasteiger partial charge is 0.339 e. The van der Waals surface area contributed by atoms with E-state index in [9.17, 15) is 4.79 Å². The van der Waals surface area contributed by atoms with Crippen LogP contribution in [-0.2, 0) is 0 Å². The van der Waals surface area contributed by atoms with Crippen LogP contribution in [0.4, 0.5) is 0 Å². The molecule has 0 aliphatic rings. The lowest BCUT2D eigenvalue weighted by atomic mass is 10.1. The molecule has 0 unspecified atom stereocenters. The summed E-state index contributed by atoms with van der Waals surface area (Å²) < 4.78 is 0. The topological polar surface area (TPSA) is 45.8 Å². The summed E-state index contributed by atoms with van der Waals surface area (Å²) in [6, 6.07) is 5.95. The molecule has 0 aromatic carbocycles. The third-order valence-corrected chi connectivity index (χ3v) is 3.39. The molecule has 0 bridgehead atoms. The lowest BCUT2D eigenvalue weighted by Gasteiger charge is -1.93. The second kappa shape index (κ2) is 3.82. The van der Waals surface area contributed by atoms with E-state index in [1.54, 1.807) is 24.5 Å². The van der Waals surface area contributed by atoms with Crippen LogP contribution in [0.25, 0.3) is 22.3 Å². The molecule has 17 heavy (non-hydrogen) atoms. The van der Waals surface area contributed by atoms with Crippen molar-refractivity contribution in [2.45, 2.75) is 6.92 Å². The van der Waals surface area contributed by atoms with Gasteiger partial charge in [-0.1, -0.05) is 0 Å². The molecule has 0 amide bonds. The Hall–Kier alpha value is -1.94. The van der Waals surface area contributed by atoms with E-state index in [4.69, 9.17) is 0 Å². The van der Waals surface area contributed by atoms with E-state index in [0.717, 1.165) is 22.3 Å². The van der Waals surface area contributed by atoms with Gasteiger partial charge >= 0.3 is 0 Å². The number of fused-ring (bicyclic) bond motifs is 1. The number of Topliss-reactive ketones (excluding diaryl/α,β-unsaturated/α-hetero) is 1. The van der Waals surface area contributed by atoms with Crippen LogP contribution in [0.15, 0.2) is 35.2 Å². The predicted molar refractivity (Wildman–Crippen MR) is 69.4 cm³/mol. The number of rotatable bonds is 2. The van der Waals surface area contributed by atoms with Crippen LogP contribution in [-0.4, -0.2) is 15.8 Å². The Kier molecular flexibility index (Phi) is 2.30. The normalized spacial score (nSPS) is 10.9. The van der Waals surface area contributed by atoms with Crippen molar-refractivity contribution in [3.63, 3.8) is 0 Å². The smallest absolute Gasteiger partial charge is 0.161 e. The summed E-state index contributed by atoms with van der Waals surface area (Å²) in [6.07, 6.45) is 1.61. The van der Waals surface area contributed by atoms with E-state index in [1.165, 1.54) is 0 Å². The number of pyridine rings is 1. The molecule has 3 aromatic heterocycles. The van der Waals surface area contributed by atoms with E-state index >= 15 is 0 Å². The van der Waals surface area contributed by atoms with Gasteiger partial charge in [0.15, 0.2) is 5.78 Å². The van der Waals surface area contributed by atoms with Crippen LogP contribution in [0.3, 0.4) is 0 Å². The minimum absolute atomic E-state index is 0.0395. The van der Waals surface area contributed by atoms with Crippen LogP contribution in [0.2, 0.25) is 0 Å². The predicted octanol–water partition coefficient (Wildman–Crippen LogP) is 3.49. The van der Waals surface area contributed by atoms with Crippen LogP contribution in [0.1, 0.15) is 17.3 Å². The van der Waals surface area contributed by atoms with Crippen molar-refractivity contribution in [1.29, 1.82) is 0 Å². The molecule has 0 saturated heterocycles. The number of carbonyl (C=O) groups is 1. The average Bonchev–Trinajstić information content (AvgIpc) is 2.96. The fourth-order valence-corrected chi connectivity index (χ4v) is 2.44. The SMILES string of the molecule is CC(=O)c1cnc2[nH]c(-c3ccsc3)cc2c1. The van der Waals surface area contributed by atoms with Gasteiger partial charge in [0, 0.05) is 33.8 Å². The molecule has 1 N–H and O–H groups in total. The van der Waals surface area contributed by atoms with Gasteiger partial charge in [0.1, 0.15) is 5.65 Å². The molecule has 3 aromatic rings. The van der Waals surface area contributed by atoms with E-state index in [-0.39, 0.29) is 5.78 Å². The molecule has 0 atom stereocenters. The summed E-state index contributed by atoms with van der Waals surface area (Å²) in [4.78, 5) is 18.8. The fourth-order valence-electron chi connectivity index (χ4n) is 1.78. The number of thiophene rings is 1. The third kappa shape index (κ3) is 1.76. The first kappa shape index (κ1) is 10.2. The van der Waals surface area contributed by atoms with Gasteiger partial charge in [-0.25, -0.2) is 4.98 Å². The molecular weight excluding hydrogens is 232 g/mol. The summed E-state index contributed by atoms with van der Waals surface area (Å²) in [7, 11) is 0. The molecule has 4 heteroatoms. The molecule has 0 saturated carbocycles. The Morgan fingerprint density at radius 2 is 2.29 bits per heavy atom. The zero-order valence-corrected chi connectivity index (χ0v) is 10.0. The molecule has 3 nitrogen and oxygen atoms in total. The lowest BCUT2D eigenvalue weighted by molar-refractivity contribution is 0.101. The highest BCUT2D eigenvalue weighted by Gasteiger charge is 2.07. The second-order valence-electron chi connectivity index (χ2n) is 3.91. The number of hydrogen-bond acceptors (Lipinski definition) is 3. The van der Waals surface area contributed by atoms with Crippen LogP contribution in [0, 0.1) is 0 Å². The Balaban J connectivity index is 2.16. The summed E-state index contributed by atoms with van der Waals surface area (Å²) >= 11 is 1.66. The van der Waals surface area contributed by atoms with Crippen molar-refractivity contribution < 1.29 is 4.79 Å². The van der Waals surface area contributed by atoms with Gasteiger partial charge < -0.3 is 4.98 Å². The Labute approximate surface area is 102 Å². The fraction of sp³-hybridized carbons (Fsp3) is 0.0769. The summed E-state index contributed by atoms with van der Waals surface area (Å²) in [6.45, 7) is 1.55. The van der Waals surface area contributed by atoms with Gasteiger partial charge in [0.25, 0.3) is 0 Å². The number of nitrogens with zero attached hydrogens (tertiary/aromatic N) is 1. The average molecular weight is 242 g/mol. The first-order valence-electron chi connectivity index (χ1n) is 5.26. The van der Waals surface area contributed by atoms with Gasteiger partial charge in [-0.2, -0.15) is 11.3 Å². The van der Waals surface area contributed by atoms with Gasteiger partial charge in [-0.05, 0) is 30.5 Å². The van der Waals surface area contributed by atoms with E-state index < -0.39 is 0 Å². The molecule has 0 spiro atoms. The van der Waals surface area contributed by atoms with E-state index in [2.05, 4.69) is 21.4 Å². The zero-order valence-electron chi connectivity index (χ0n) is 9.23. The van der Waals surface area contributed by atoms with Crippen molar-refractivity contribution in [2.24, 2.45) is 0 Å². The minimum Gasteiger partial charge on any atom is -0.339 e. The van der Waals surface area contributed by atoms with Gasteiger partial charge in [-0.3, -0.25) is 4.79 Å². The summed E-state index contributed by atoms with van der Waals surface area (Å²) in [5, 5.41) is 5.09. The van der Waals surface area contributed by atoms with Gasteiger partial charge in [0.05, 0.1) is 0 Å². The van der Waals surface area contributed by atoms with Crippen LogP contribution in [0.5, 0.6) is 0 Å². The molecule has 0 fully saturated rings. The minimum atomic E-state index is 0.0395. The molecule has 0 aliphatic heterocycles. The number of H-pyrrole nitrogens is 1. The lowest BCUT2D eigenvalue weighted by Crippen LogP contribution is -1.92. The van der Waals surface area contributed by atoms with E-state index in [1.807, 2.05) is 17.5 Å². The number of aromatic amines is 1. The standard InChI is InChI=1S/C13H10N2OS/c1-8(16)11-4-10-5-12(9-2-3-17-7-9)15-13(10)14-6-11/h2-7H,1H3,(H,14,15). The number of ketones is 1.